The largest absolute Gasteiger partial charge is 0.490 e. The molecular weight excluding hydrogens is 306 g/mol. The Kier molecular flexibility index (Phi) is 4.85. The lowest BCUT2D eigenvalue weighted by atomic mass is 9.72. The van der Waals surface area contributed by atoms with E-state index in [1.54, 1.807) is 0 Å². The Morgan fingerprint density at radius 3 is 2.04 bits per heavy atom. The Bertz CT molecular complexity index is 728. The SMILES string of the molecule is CC(C)(N)c1ccc2cc(OC3CCC(C(C)(C)C)CC3)ccc2c1. The van der Waals surface area contributed by atoms with Crippen molar-refractivity contribution in [1.82, 2.24) is 0 Å². The van der Waals surface area contributed by atoms with Crippen LogP contribution < -0.4 is 10.5 Å². The highest BCUT2D eigenvalue weighted by atomic mass is 16.5. The van der Waals surface area contributed by atoms with Crippen LogP contribution in [0.1, 0.15) is 65.9 Å². The summed E-state index contributed by atoms with van der Waals surface area (Å²) in [5.74, 6) is 1.81. The first-order valence-corrected chi connectivity index (χ1v) is 9.63. The van der Waals surface area contributed by atoms with Gasteiger partial charge in [-0.2, -0.15) is 0 Å². The summed E-state index contributed by atoms with van der Waals surface area (Å²) in [7, 11) is 0. The molecule has 0 spiro atoms. The van der Waals surface area contributed by atoms with Gasteiger partial charge >= 0.3 is 0 Å². The molecule has 1 aliphatic rings. The van der Waals surface area contributed by atoms with Crippen LogP contribution in [0.3, 0.4) is 0 Å². The van der Waals surface area contributed by atoms with Gasteiger partial charge in [0.15, 0.2) is 0 Å². The molecule has 0 aromatic heterocycles. The van der Waals surface area contributed by atoms with Crippen LogP contribution in [0.15, 0.2) is 36.4 Å². The van der Waals surface area contributed by atoms with Crippen LogP contribution in [-0.4, -0.2) is 6.10 Å². The maximum absolute atomic E-state index is 6.30. The summed E-state index contributed by atoms with van der Waals surface area (Å²) in [6.07, 6.45) is 5.24. The van der Waals surface area contributed by atoms with Crippen LogP contribution >= 0.6 is 0 Å². The van der Waals surface area contributed by atoms with Gasteiger partial charge in [-0.05, 0) is 85.4 Å². The zero-order chi connectivity index (χ0) is 18.2. The number of ether oxygens (including phenoxy) is 1. The van der Waals surface area contributed by atoms with E-state index in [1.165, 1.54) is 36.5 Å². The Balaban J connectivity index is 1.69. The summed E-state index contributed by atoms with van der Waals surface area (Å²) in [6, 6.07) is 12.9. The summed E-state index contributed by atoms with van der Waals surface area (Å²) in [6.45, 7) is 11.2. The molecular formula is C23H33NO. The molecule has 2 aromatic carbocycles. The molecule has 0 bridgehead atoms. The second-order valence-corrected chi connectivity index (χ2v) is 9.40. The van der Waals surface area contributed by atoms with E-state index in [-0.39, 0.29) is 5.54 Å². The molecule has 25 heavy (non-hydrogen) atoms. The molecule has 0 atom stereocenters. The van der Waals surface area contributed by atoms with Gasteiger partial charge in [-0.25, -0.2) is 0 Å². The molecule has 2 aromatic rings. The van der Waals surface area contributed by atoms with Crippen molar-refractivity contribution < 1.29 is 4.74 Å². The first-order valence-electron chi connectivity index (χ1n) is 9.63. The van der Waals surface area contributed by atoms with Crippen molar-refractivity contribution in [1.29, 1.82) is 0 Å². The quantitative estimate of drug-likeness (QED) is 0.742. The van der Waals surface area contributed by atoms with Crippen LogP contribution in [-0.2, 0) is 5.54 Å². The van der Waals surface area contributed by atoms with Crippen LogP contribution in [0.2, 0.25) is 0 Å². The van der Waals surface area contributed by atoms with Gasteiger partial charge in [-0.3, -0.25) is 0 Å². The normalized spacial score (nSPS) is 22.2. The second-order valence-electron chi connectivity index (χ2n) is 9.40. The topological polar surface area (TPSA) is 35.2 Å². The molecule has 0 aliphatic heterocycles. The number of hydrogen-bond acceptors (Lipinski definition) is 2. The molecule has 0 heterocycles. The molecule has 0 radical (unpaired) electrons. The van der Waals surface area contributed by atoms with Gasteiger partial charge < -0.3 is 10.5 Å². The van der Waals surface area contributed by atoms with Crippen LogP contribution in [0.5, 0.6) is 5.75 Å². The fourth-order valence-corrected chi connectivity index (χ4v) is 3.94. The van der Waals surface area contributed by atoms with Crippen LogP contribution in [0.4, 0.5) is 0 Å². The smallest absolute Gasteiger partial charge is 0.120 e. The van der Waals surface area contributed by atoms with Crippen molar-refractivity contribution in [2.45, 2.75) is 71.9 Å². The van der Waals surface area contributed by atoms with E-state index in [2.05, 4.69) is 57.2 Å². The third-order valence-electron chi connectivity index (χ3n) is 5.76. The van der Waals surface area contributed by atoms with Crippen molar-refractivity contribution in [3.8, 4) is 5.75 Å². The molecule has 2 N–H and O–H groups in total. The maximum atomic E-state index is 6.30. The first kappa shape index (κ1) is 18.3. The molecule has 3 rings (SSSR count). The average Bonchev–Trinajstić information content (AvgIpc) is 2.53. The molecule has 0 unspecified atom stereocenters. The molecule has 136 valence electrons. The Morgan fingerprint density at radius 2 is 1.44 bits per heavy atom. The molecule has 1 aliphatic carbocycles. The lowest BCUT2D eigenvalue weighted by molar-refractivity contribution is 0.0883. The summed E-state index contributed by atoms with van der Waals surface area (Å²) in [5, 5.41) is 2.44. The summed E-state index contributed by atoms with van der Waals surface area (Å²) < 4.78 is 6.30. The van der Waals surface area contributed by atoms with Crippen LogP contribution in [0.25, 0.3) is 10.8 Å². The molecule has 2 nitrogen and oxygen atoms in total. The number of rotatable bonds is 3. The van der Waals surface area contributed by atoms with Crippen molar-refractivity contribution in [3.63, 3.8) is 0 Å². The highest BCUT2D eigenvalue weighted by Gasteiger charge is 2.30. The van der Waals surface area contributed by atoms with Crippen molar-refractivity contribution >= 4 is 10.8 Å². The van der Waals surface area contributed by atoms with Crippen LogP contribution in [0, 0.1) is 11.3 Å². The van der Waals surface area contributed by atoms with E-state index in [0.29, 0.717) is 11.5 Å². The number of fused-ring (bicyclic) bond motifs is 1. The van der Waals surface area contributed by atoms with Gasteiger partial charge in [-0.1, -0.05) is 39.0 Å². The van der Waals surface area contributed by atoms with Gasteiger partial charge in [0, 0.05) is 5.54 Å². The lowest BCUT2D eigenvalue weighted by Crippen LogP contribution is -2.30. The third-order valence-corrected chi connectivity index (χ3v) is 5.76. The van der Waals surface area contributed by atoms with E-state index >= 15 is 0 Å². The van der Waals surface area contributed by atoms with Crippen molar-refractivity contribution in [2.24, 2.45) is 17.1 Å². The Labute approximate surface area is 152 Å². The predicted molar refractivity (Wildman–Crippen MR) is 107 cm³/mol. The summed E-state index contributed by atoms with van der Waals surface area (Å²) in [5.41, 5.74) is 7.49. The molecule has 1 fully saturated rings. The molecule has 0 saturated heterocycles. The van der Waals surface area contributed by atoms with Crippen molar-refractivity contribution in [3.05, 3.63) is 42.0 Å². The minimum Gasteiger partial charge on any atom is -0.490 e. The van der Waals surface area contributed by atoms with Gasteiger partial charge in [-0.15, -0.1) is 0 Å². The van der Waals surface area contributed by atoms with E-state index in [1.807, 2.05) is 13.8 Å². The Morgan fingerprint density at radius 1 is 0.840 bits per heavy atom. The third kappa shape index (κ3) is 4.36. The van der Waals surface area contributed by atoms with Crippen molar-refractivity contribution in [2.75, 3.05) is 0 Å². The zero-order valence-corrected chi connectivity index (χ0v) is 16.4. The predicted octanol–water partition coefficient (Wildman–Crippen LogP) is 6.02. The molecule has 2 heteroatoms. The van der Waals surface area contributed by atoms with E-state index in [4.69, 9.17) is 10.5 Å². The monoisotopic (exact) mass is 339 g/mol. The minimum atomic E-state index is -0.310. The Hall–Kier alpha value is -1.54. The lowest BCUT2D eigenvalue weighted by Gasteiger charge is -2.37. The van der Waals surface area contributed by atoms with Gasteiger partial charge in [0.25, 0.3) is 0 Å². The van der Waals surface area contributed by atoms with E-state index in [9.17, 15) is 0 Å². The average molecular weight is 340 g/mol. The zero-order valence-electron chi connectivity index (χ0n) is 16.4. The standard InChI is InChI=1S/C23H33NO/c1-22(2,3)18-9-12-20(13-10-18)25-21-11-7-16-14-19(23(4,5)24)8-6-17(16)15-21/h6-8,11,14-15,18,20H,9-10,12-13,24H2,1-5H3. The summed E-state index contributed by atoms with van der Waals surface area (Å²) in [4.78, 5) is 0. The van der Waals surface area contributed by atoms with Gasteiger partial charge in [0.2, 0.25) is 0 Å². The fourth-order valence-electron chi connectivity index (χ4n) is 3.94. The first-order chi connectivity index (χ1) is 11.6. The number of hydrogen-bond donors (Lipinski definition) is 1. The van der Waals surface area contributed by atoms with E-state index in [0.717, 1.165) is 17.2 Å². The molecule has 0 amide bonds. The number of nitrogens with two attached hydrogens (primary N) is 1. The molecule has 1 saturated carbocycles. The summed E-state index contributed by atoms with van der Waals surface area (Å²) >= 11 is 0. The van der Waals surface area contributed by atoms with Gasteiger partial charge in [0.05, 0.1) is 6.10 Å². The highest BCUT2D eigenvalue weighted by Crippen LogP contribution is 2.39. The fraction of sp³-hybridized carbons (Fsp3) is 0.565. The maximum Gasteiger partial charge on any atom is 0.120 e. The minimum absolute atomic E-state index is 0.310. The second kappa shape index (κ2) is 6.64. The van der Waals surface area contributed by atoms with E-state index < -0.39 is 0 Å². The highest BCUT2D eigenvalue weighted by molar-refractivity contribution is 5.84. The van der Waals surface area contributed by atoms with Gasteiger partial charge in [0.1, 0.15) is 5.75 Å². The number of benzene rings is 2.